The maximum atomic E-state index is 9.27. The Labute approximate surface area is 120 Å². The van der Waals surface area contributed by atoms with Crippen molar-refractivity contribution in [3.63, 3.8) is 0 Å². The lowest BCUT2D eigenvalue weighted by molar-refractivity contribution is 0.415. The number of phenolic OH excluding ortho intramolecular Hbond substituents is 1. The van der Waals surface area contributed by atoms with Gasteiger partial charge in [-0.3, -0.25) is 0 Å². The predicted octanol–water partition coefficient (Wildman–Crippen LogP) is 3.18. The molecule has 0 aliphatic rings. The normalized spacial score (nSPS) is 14.1. The van der Waals surface area contributed by atoms with Gasteiger partial charge in [-0.25, -0.2) is 4.98 Å². The van der Waals surface area contributed by atoms with Crippen LogP contribution in [0.3, 0.4) is 0 Å². The molecule has 0 saturated carbocycles. The molecule has 4 nitrogen and oxygen atoms in total. The van der Waals surface area contributed by atoms with E-state index in [1.54, 1.807) is 18.3 Å². The minimum absolute atomic E-state index is 0.278. The Morgan fingerprint density at radius 3 is 2.65 bits per heavy atom. The minimum atomic E-state index is 0.278. The summed E-state index contributed by atoms with van der Waals surface area (Å²) in [6.45, 7) is 4.36. The van der Waals surface area contributed by atoms with Crippen LogP contribution in [0.1, 0.15) is 44.1 Å². The lowest BCUT2D eigenvalue weighted by atomic mass is 10.0. The van der Waals surface area contributed by atoms with E-state index in [0.717, 1.165) is 25.1 Å². The third-order valence-corrected chi connectivity index (χ3v) is 3.55. The van der Waals surface area contributed by atoms with Gasteiger partial charge >= 0.3 is 0 Å². The van der Waals surface area contributed by atoms with Crippen LogP contribution in [0.4, 0.5) is 0 Å². The second-order valence-electron chi connectivity index (χ2n) is 5.21. The van der Waals surface area contributed by atoms with Gasteiger partial charge in [0.25, 0.3) is 0 Å². The van der Waals surface area contributed by atoms with Crippen molar-refractivity contribution in [2.75, 3.05) is 0 Å². The Kier molecular flexibility index (Phi) is 5.18. The van der Waals surface area contributed by atoms with Crippen LogP contribution in [0, 0.1) is 0 Å². The molecule has 0 spiro atoms. The van der Waals surface area contributed by atoms with Gasteiger partial charge in [0, 0.05) is 18.4 Å². The molecular formula is C16H23N3O. The zero-order valence-corrected chi connectivity index (χ0v) is 12.1. The Morgan fingerprint density at radius 1 is 1.30 bits per heavy atom. The third kappa shape index (κ3) is 4.10. The van der Waals surface area contributed by atoms with Crippen molar-refractivity contribution in [3.05, 3.63) is 48.0 Å². The quantitative estimate of drug-likeness (QED) is 0.726. The fourth-order valence-corrected chi connectivity index (χ4v) is 2.33. The summed E-state index contributed by atoms with van der Waals surface area (Å²) in [6.07, 6.45) is 6.73. The summed E-state index contributed by atoms with van der Waals surface area (Å²) < 4.78 is 0. The second kappa shape index (κ2) is 7.10. The summed E-state index contributed by atoms with van der Waals surface area (Å²) in [6, 6.07) is 8.13. The van der Waals surface area contributed by atoms with Crippen LogP contribution in [0.25, 0.3) is 0 Å². The molecule has 2 aromatic rings. The Hall–Kier alpha value is -1.81. The van der Waals surface area contributed by atoms with E-state index in [0.29, 0.717) is 11.8 Å². The summed E-state index contributed by atoms with van der Waals surface area (Å²) in [4.78, 5) is 7.49. The number of aromatic amines is 1. The van der Waals surface area contributed by atoms with Crippen LogP contribution in [0.5, 0.6) is 5.75 Å². The van der Waals surface area contributed by atoms with Crippen molar-refractivity contribution in [1.82, 2.24) is 15.3 Å². The molecule has 0 aliphatic heterocycles. The highest BCUT2D eigenvalue weighted by molar-refractivity contribution is 5.25. The van der Waals surface area contributed by atoms with Gasteiger partial charge in [0.05, 0.1) is 6.04 Å². The summed E-state index contributed by atoms with van der Waals surface area (Å²) in [5.41, 5.74) is 1.25. The van der Waals surface area contributed by atoms with Crippen LogP contribution in [0.15, 0.2) is 36.7 Å². The van der Waals surface area contributed by atoms with E-state index in [1.807, 2.05) is 18.3 Å². The van der Waals surface area contributed by atoms with E-state index >= 15 is 0 Å². The van der Waals surface area contributed by atoms with Crippen LogP contribution >= 0.6 is 0 Å². The second-order valence-corrected chi connectivity index (χ2v) is 5.21. The molecule has 0 amide bonds. The van der Waals surface area contributed by atoms with E-state index < -0.39 is 0 Å². The largest absolute Gasteiger partial charge is 0.508 e. The number of H-pyrrole nitrogens is 1. The van der Waals surface area contributed by atoms with Crippen LogP contribution in [-0.4, -0.2) is 21.1 Å². The number of aromatic hydroxyl groups is 1. The molecular weight excluding hydrogens is 250 g/mol. The zero-order chi connectivity index (χ0) is 14.4. The number of benzene rings is 1. The minimum Gasteiger partial charge on any atom is -0.508 e. The Balaban J connectivity index is 1.82. The first kappa shape index (κ1) is 14.6. The van der Waals surface area contributed by atoms with Gasteiger partial charge in [-0.15, -0.1) is 0 Å². The van der Waals surface area contributed by atoms with Gasteiger partial charge in [0.1, 0.15) is 11.6 Å². The molecule has 108 valence electrons. The molecule has 0 aliphatic carbocycles. The number of hydrogen-bond acceptors (Lipinski definition) is 3. The maximum Gasteiger partial charge on any atom is 0.123 e. The standard InChI is InChI=1S/C16H23N3O/c1-3-15(16-17-10-11-18-16)19-12(2)4-5-13-6-8-14(20)9-7-13/h6-12,15,19-20H,3-5H2,1-2H3,(H,17,18). The molecule has 1 aromatic carbocycles. The third-order valence-electron chi connectivity index (χ3n) is 3.55. The number of imidazole rings is 1. The summed E-state index contributed by atoms with van der Waals surface area (Å²) in [5.74, 6) is 1.33. The molecule has 0 radical (unpaired) electrons. The summed E-state index contributed by atoms with van der Waals surface area (Å²) >= 11 is 0. The van der Waals surface area contributed by atoms with Crippen molar-refractivity contribution in [1.29, 1.82) is 0 Å². The molecule has 2 unspecified atom stereocenters. The fourth-order valence-electron chi connectivity index (χ4n) is 2.33. The smallest absolute Gasteiger partial charge is 0.123 e. The zero-order valence-electron chi connectivity index (χ0n) is 12.1. The maximum absolute atomic E-state index is 9.27. The van der Waals surface area contributed by atoms with Gasteiger partial charge < -0.3 is 15.4 Å². The van der Waals surface area contributed by atoms with Crippen molar-refractivity contribution in [2.45, 2.75) is 45.2 Å². The van der Waals surface area contributed by atoms with Crippen molar-refractivity contribution in [2.24, 2.45) is 0 Å². The number of nitrogens with one attached hydrogen (secondary N) is 2. The molecule has 20 heavy (non-hydrogen) atoms. The SMILES string of the molecule is CCC(NC(C)CCc1ccc(O)cc1)c1ncc[nH]1. The first-order valence-electron chi connectivity index (χ1n) is 7.22. The molecule has 0 fully saturated rings. The number of rotatable bonds is 7. The van der Waals surface area contributed by atoms with E-state index in [-0.39, 0.29) is 6.04 Å². The van der Waals surface area contributed by atoms with Crippen LogP contribution in [0.2, 0.25) is 0 Å². The van der Waals surface area contributed by atoms with E-state index in [1.165, 1.54) is 5.56 Å². The highest BCUT2D eigenvalue weighted by Crippen LogP contribution is 2.15. The topological polar surface area (TPSA) is 60.9 Å². The van der Waals surface area contributed by atoms with Crippen LogP contribution < -0.4 is 5.32 Å². The molecule has 2 rings (SSSR count). The van der Waals surface area contributed by atoms with Gasteiger partial charge in [-0.1, -0.05) is 19.1 Å². The number of hydrogen-bond donors (Lipinski definition) is 3. The van der Waals surface area contributed by atoms with Crippen molar-refractivity contribution in [3.8, 4) is 5.75 Å². The molecule has 0 saturated heterocycles. The van der Waals surface area contributed by atoms with E-state index in [2.05, 4.69) is 29.1 Å². The average Bonchev–Trinajstić information content (AvgIpc) is 2.98. The Bertz CT molecular complexity index is 493. The van der Waals surface area contributed by atoms with E-state index in [4.69, 9.17) is 0 Å². The highest BCUT2D eigenvalue weighted by atomic mass is 16.3. The van der Waals surface area contributed by atoms with E-state index in [9.17, 15) is 5.11 Å². The lowest BCUT2D eigenvalue weighted by Crippen LogP contribution is -2.31. The van der Waals surface area contributed by atoms with Gasteiger partial charge in [-0.05, 0) is 43.9 Å². The van der Waals surface area contributed by atoms with Crippen LogP contribution in [-0.2, 0) is 6.42 Å². The lowest BCUT2D eigenvalue weighted by Gasteiger charge is -2.20. The van der Waals surface area contributed by atoms with Crippen molar-refractivity contribution >= 4 is 0 Å². The van der Waals surface area contributed by atoms with Crippen molar-refractivity contribution < 1.29 is 5.11 Å². The number of phenols is 1. The molecule has 2 atom stereocenters. The molecule has 0 bridgehead atoms. The summed E-state index contributed by atoms with van der Waals surface area (Å²) in [7, 11) is 0. The number of nitrogens with zero attached hydrogens (tertiary/aromatic N) is 1. The Morgan fingerprint density at radius 2 is 2.05 bits per heavy atom. The molecule has 4 heteroatoms. The molecule has 1 aromatic heterocycles. The summed E-state index contributed by atoms with van der Waals surface area (Å²) in [5, 5.41) is 12.9. The highest BCUT2D eigenvalue weighted by Gasteiger charge is 2.14. The first-order valence-corrected chi connectivity index (χ1v) is 7.22. The van der Waals surface area contributed by atoms with Gasteiger partial charge in [-0.2, -0.15) is 0 Å². The monoisotopic (exact) mass is 273 g/mol. The first-order chi connectivity index (χ1) is 9.69. The molecule has 1 heterocycles. The fraction of sp³-hybridized carbons (Fsp3) is 0.438. The predicted molar refractivity (Wildman–Crippen MR) is 80.6 cm³/mol. The average molecular weight is 273 g/mol. The number of aromatic nitrogens is 2. The van der Waals surface area contributed by atoms with Gasteiger partial charge in [0.2, 0.25) is 0 Å². The number of aryl methyl sites for hydroxylation is 1. The van der Waals surface area contributed by atoms with Gasteiger partial charge in [0.15, 0.2) is 0 Å². The molecule has 3 N–H and O–H groups in total.